The van der Waals surface area contributed by atoms with Crippen molar-refractivity contribution < 1.29 is 9.53 Å². The van der Waals surface area contributed by atoms with E-state index in [2.05, 4.69) is 22.4 Å². The molecule has 2 atom stereocenters. The number of halogens is 1. The number of carbonyl (C=O) groups excluding carboxylic acids is 1. The van der Waals surface area contributed by atoms with Gasteiger partial charge >= 0.3 is 0 Å². The summed E-state index contributed by atoms with van der Waals surface area (Å²) in [6.07, 6.45) is 0.780. The Bertz CT molecular complexity index is 1030. The molecule has 1 aromatic heterocycles. The number of carbonyl (C=O) groups is 1. The molecule has 168 valence electrons. The summed E-state index contributed by atoms with van der Waals surface area (Å²) in [5.74, 6) is 0.371. The average molecular weight is 451 g/mol. The minimum Gasteiger partial charge on any atom is -0.462 e. The summed E-state index contributed by atoms with van der Waals surface area (Å²) in [6, 6.07) is 21.8. The molecule has 4 nitrogen and oxygen atoms in total. The smallest absolute Gasteiger partial charge is 0.263 e. The number of pyridine rings is 1. The summed E-state index contributed by atoms with van der Waals surface area (Å²) in [4.78, 5) is 17.6. The minimum atomic E-state index is -1.07. The van der Waals surface area contributed by atoms with Crippen molar-refractivity contribution in [3.63, 3.8) is 0 Å². The van der Waals surface area contributed by atoms with Gasteiger partial charge in [-0.2, -0.15) is 0 Å². The van der Waals surface area contributed by atoms with E-state index < -0.39 is 5.60 Å². The standard InChI is InChI=1S/C27H31ClN2O2/c1-18-15-19(2)29-25(16-18)32-27(4,5)26(31)30-20(3)24(22-9-7-6-8-10-22)17-21-11-13-23(28)14-12-21/h6-16,20,24H,17H2,1-5H3,(H,30,31)/t20-,24+/m0/s1. The monoisotopic (exact) mass is 450 g/mol. The maximum absolute atomic E-state index is 13.2. The van der Waals surface area contributed by atoms with E-state index in [0.29, 0.717) is 10.9 Å². The van der Waals surface area contributed by atoms with Crippen molar-refractivity contribution in [3.8, 4) is 5.88 Å². The minimum absolute atomic E-state index is 0.0939. The third-order valence-electron chi connectivity index (χ3n) is 5.54. The third kappa shape index (κ3) is 6.33. The molecule has 0 aliphatic carbocycles. The number of benzene rings is 2. The quantitative estimate of drug-likeness (QED) is 0.455. The van der Waals surface area contributed by atoms with Gasteiger partial charge in [-0.05, 0) is 75.9 Å². The molecule has 0 spiro atoms. The van der Waals surface area contributed by atoms with Crippen LogP contribution >= 0.6 is 11.6 Å². The van der Waals surface area contributed by atoms with Crippen LogP contribution in [0.5, 0.6) is 5.88 Å². The van der Waals surface area contributed by atoms with Crippen molar-refractivity contribution in [2.75, 3.05) is 0 Å². The van der Waals surface area contributed by atoms with Crippen molar-refractivity contribution in [2.24, 2.45) is 0 Å². The highest BCUT2D eigenvalue weighted by molar-refractivity contribution is 6.30. The fraction of sp³-hybridized carbons (Fsp3) is 0.333. The Hall–Kier alpha value is -2.85. The van der Waals surface area contributed by atoms with E-state index in [9.17, 15) is 4.79 Å². The molecule has 1 heterocycles. The fourth-order valence-corrected chi connectivity index (χ4v) is 3.93. The van der Waals surface area contributed by atoms with E-state index in [-0.39, 0.29) is 17.9 Å². The molecule has 2 aromatic carbocycles. The van der Waals surface area contributed by atoms with Crippen LogP contribution in [0, 0.1) is 13.8 Å². The van der Waals surface area contributed by atoms with Crippen LogP contribution < -0.4 is 10.1 Å². The molecular formula is C27H31ClN2O2. The molecule has 0 unspecified atom stereocenters. The van der Waals surface area contributed by atoms with Crippen LogP contribution in [0.25, 0.3) is 0 Å². The number of nitrogens with one attached hydrogen (secondary N) is 1. The number of hydrogen-bond donors (Lipinski definition) is 1. The maximum atomic E-state index is 13.2. The largest absolute Gasteiger partial charge is 0.462 e. The van der Waals surface area contributed by atoms with Gasteiger partial charge in [0.1, 0.15) is 0 Å². The summed E-state index contributed by atoms with van der Waals surface area (Å²) in [5.41, 5.74) is 3.17. The van der Waals surface area contributed by atoms with Gasteiger partial charge in [-0.15, -0.1) is 0 Å². The second-order valence-electron chi connectivity index (χ2n) is 8.85. The summed E-state index contributed by atoms with van der Waals surface area (Å²) < 4.78 is 6.01. The number of aryl methyl sites for hydroxylation is 2. The number of nitrogens with zero attached hydrogens (tertiary/aromatic N) is 1. The Morgan fingerprint density at radius 3 is 2.34 bits per heavy atom. The predicted octanol–water partition coefficient (Wildman–Crippen LogP) is 6.04. The van der Waals surface area contributed by atoms with E-state index in [4.69, 9.17) is 16.3 Å². The molecular weight excluding hydrogens is 420 g/mol. The third-order valence-corrected chi connectivity index (χ3v) is 5.79. The molecule has 5 heteroatoms. The van der Waals surface area contributed by atoms with Crippen LogP contribution in [0.2, 0.25) is 5.02 Å². The number of aromatic nitrogens is 1. The van der Waals surface area contributed by atoms with Crippen LogP contribution in [-0.4, -0.2) is 22.5 Å². The zero-order valence-corrected chi connectivity index (χ0v) is 20.1. The average Bonchev–Trinajstić information content (AvgIpc) is 2.72. The van der Waals surface area contributed by atoms with Gasteiger partial charge in [0.25, 0.3) is 5.91 Å². The second kappa shape index (κ2) is 10.2. The van der Waals surface area contributed by atoms with Crippen molar-refractivity contribution >= 4 is 17.5 Å². The zero-order chi connectivity index (χ0) is 23.3. The summed E-state index contributed by atoms with van der Waals surface area (Å²) in [6.45, 7) is 9.47. The highest BCUT2D eigenvalue weighted by atomic mass is 35.5. The molecule has 3 rings (SSSR count). The van der Waals surface area contributed by atoms with Gasteiger partial charge in [0, 0.05) is 28.7 Å². The molecule has 0 aliphatic heterocycles. The van der Waals surface area contributed by atoms with Crippen molar-refractivity contribution in [2.45, 2.75) is 58.6 Å². The summed E-state index contributed by atoms with van der Waals surface area (Å²) >= 11 is 6.06. The highest BCUT2D eigenvalue weighted by Gasteiger charge is 2.33. The zero-order valence-electron chi connectivity index (χ0n) is 19.4. The Morgan fingerprint density at radius 1 is 1.06 bits per heavy atom. The van der Waals surface area contributed by atoms with Crippen LogP contribution in [0.15, 0.2) is 66.7 Å². The topological polar surface area (TPSA) is 51.2 Å². The van der Waals surface area contributed by atoms with Crippen molar-refractivity contribution in [3.05, 3.63) is 94.1 Å². The Labute approximate surface area is 196 Å². The maximum Gasteiger partial charge on any atom is 0.263 e. The molecule has 1 N–H and O–H groups in total. The van der Waals surface area contributed by atoms with Gasteiger partial charge in [0.15, 0.2) is 5.60 Å². The van der Waals surface area contributed by atoms with E-state index in [1.165, 1.54) is 11.1 Å². The van der Waals surface area contributed by atoms with E-state index in [0.717, 1.165) is 17.7 Å². The normalized spacial score (nSPS) is 13.3. The van der Waals surface area contributed by atoms with E-state index in [1.54, 1.807) is 13.8 Å². The molecule has 3 aromatic rings. The lowest BCUT2D eigenvalue weighted by Gasteiger charge is -2.30. The summed E-state index contributed by atoms with van der Waals surface area (Å²) in [7, 11) is 0. The number of hydrogen-bond acceptors (Lipinski definition) is 3. The van der Waals surface area contributed by atoms with Crippen LogP contribution in [-0.2, 0) is 11.2 Å². The van der Waals surface area contributed by atoms with Crippen LogP contribution in [0.4, 0.5) is 0 Å². The number of amides is 1. The van der Waals surface area contributed by atoms with Gasteiger partial charge < -0.3 is 10.1 Å². The van der Waals surface area contributed by atoms with Gasteiger partial charge in [0.2, 0.25) is 5.88 Å². The molecule has 0 fully saturated rings. The second-order valence-corrected chi connectivity index (χ2v) is 9.28. The van der Waals surface area contributed by atoms with Crippen molar-refractivity contribution in [1.82, 2.24) is 10.3 Å². The van der Waals surface area contributed by atoms with E-state index in [1.807, 2.05) is 75.4 Å². The first-order valence-electron chi connectivity index (χ1n) is 10.9. The first-order chi connectivity index (χ1) is 15.1. The Morgan fingerprint density at radius 2 is 1.72 bits per heavy atom. The molecule has 32 heavy (non-hydrogen) atoms. The Balaban J connectivity index is 1.77. The molecule has 0 saturated heterocycles. The molecule has 0 bridgehead atoms. The van der Waals surface area contributed by atoms with Gasteiger partial charge in [-0.1, -0.05) is 54.1 Å². The Kier molecular flexibility index (Phi) is 7.57. The molecule has 0 aliphatic rings. The lowest BCUT2D eigenvalue weighted by Crippen LogP contribution is -2.51. The first-order valence-corrected chi connectivity index (χ1v) is 11.3. The first kappa shape index (κ1) is 23.8. The molecule has 0 saturated carbocycles. The van der Waals surface area contributed by atoms with E-state index >= 15 is 0 Å². The highest BCUT2D eigenvalue weighted by Crippen LogP contribution is 2.26. The van der Waals surface area contributed by atoms with Crippen LogP contribution in [0.3, 0.4) is 0 Å². The molecule has 1 amide bonds. The summed E-state index contributed by atoms with van der Waals surface area (Å²) in [5, 5.41) is 3.90. The number of ether oxygens (including phenoxy) is 1. The molecule has 0 radical (unpaired) electrons. The van der Waals surface area contributed by atoms with Gasteiger partial charge in [-0.25, -0.2) is 4.98 Å². The fourth-order valence-electron chi connectivity index (χ4n) is 3.80. The van der Waals surface area contributed by atoms with Gasteiger partial charge in [0.05, 0.1) is 0 Å². The lowest BCUT2D eigenvalue weighted by molar-refractivity contribution is -0.135. The predicted molar refractivity (Wildman–Crippen MR) is 130 cm³/mol. The van der Waals surface area contributed by atoms with Crippen molar-refractivity contribution in [1.29, 1.82) is 0 Å². The van der Waals surface area contributed by atoms with Crippen LogP contribution in [0.1, 0.15) is 49.1 Å². The van der Waals surface area contributed by atoms with Gasteiger partial charge in [-0.3, -0.25) is 4.79 Å². The SMILES string of the molecule is Cc1cc(C)nc(OC(C)(C)C(=O)N[C@@H](C)[C@@H](Cc2ccc(Cl)cc2)c2ccccc2)c1. The number of rotatable bonds is 8. The lowest BCUT2D eigenvalue weighted by atomic mass is 9.86.